The fourth-order valence-corrected chi connectivity index (χ4v) is 2.85. The van der Waals surface area contributed by atoms with Crippen molar-refractivity contribution in [2.45, 2.75) is 38.5 Å². The van der Waals surface area contributed by atoms with Crippen molar-refractivity contribution in [2.24, 2.45) is 5.92 Å². The minimum absolute atomic E-state index is 0.0923. The number of halogens is 1. The second kappa shape index (κ2) is 8.25. The number of ether oxygens (including phenoxy) is 1. The molecule has 5 heteroatoms. The molecule has 1 fully saturated rings. The molecule has 0 aliphatic heterocycles. The van der Waals surface area contributed by atoms with Crippen LogP contribution in [-0.2, 0) is 9.53 Å². The van der Waals surface area contributed by atoms with Gasteiger partial charge in [0.25, 0.3) is 0 Å². The Balaban J connectivity index is 1.65. The molecule has 116 valence electrons. The number of rotatable bonds is 6. The van der Waals surface area contributed by atoms with Crippen molar-refractivity contribution in [2.75, 3.05) is 24.3 Å². The summed E-state index contributed by atoms with van der Waals surface area (Å²) in [6.45, 7) is 1.23. The summed E-state index contributed by atoms with van der Waals surface area (Å²) >= 11 is 6.01. The smallest absolute Gasteiger partial charge is 0.226 e. The van der Waals surface area contributed by atoms with E-state index in [1.165, 1.54) is 32.1 Å². The van der Waals surface area contributed by atoms with Gasteiger partial charge in [-0.3, -0.25) is 4.79 Å². The molecule has 0 unspecified atom stereocenters. The number of carbonyl (C=O) groups is 1. The van der Waals surface area contributed by atoms with Gasteiger partial charge < -0.3 is 15.8 Å². The lowest BCUT2D eigenvalue weighted by Gasteiger charge is -2.21. The van der Waals surface area contributed by atoms with Crippen LogP contribution in [0.3, 0.4) is 0 Å². The summed E-state index contributed by atoms with van der Waals surface area (Å²) in [5.74, 6) is 0.582. The Morgan fingerprint density at radius 1 is 1.33 bits per heavy atom. The number of nitrogen functional groups attached to an aromatic ring is 1. The van der Waals surface area contributed by atoms with E-state index < -0.39 is 0 Å². The standard InChI is InChI=1S/C16H23ClN2O2/c17-14-10-13(18)6-7-15(14)19-16(20)8-9-21-11-12-4-2-1-3-5-12/h6-7,10,12H,1-5,8-9,11,18H2,(H,19,20). The van der Waals surface area contributed by atoms with Gasteiger partial charge in [-0.25, -0.2) is 0 Å². The van der Waals surface area contributed by atoms with Gasteiger partial charge in [0, 0.05) is 12.3 Å². The summed E-state index contributed by atoms with van der Waals surface area (Å²) in [7, 11) is 0. The molecule has 1 aromatic rings. The van der Waals surface area contributed by atoms with Gasteiger partial charge in [0.1, 0.15) is 0 Å². The number of nitrogens with two attached hydrogens (primary N) is 1. The van der Waals surface area contributed by atoms with Crippen molar-refractivity contribution in [3.8, 4) is 0 Å². The summed E-state index contributed by atoms with van der Waals surface area (Å²) in [6, 6.07) is 5.04. The van der Waals surface area contributed by atoms with Gasteiger partial charge in [0.05, 0.1) is 23.7 Å². The Kier molecular flexibility index (Phi) is 6.33. The molecule has 1 aliphatic carbocycles. The summed E-state index contributed by atoms with van der Waals surface area (Å²) in [5, 5.41) is 3.22. The number of nitrogens with one attached hydrogen (secondary N) is 1. The lowest BCUT2D eigenvalue weighted by atomic mass is 9.90. The molecule has 21 heavy (non-hydrogen) atoms. The van der Waals surface area contributed by atoms with E-state index in [2.05, 4.69) is 5.32 Å². The third kappa shape index (κ3) is 5.56. The Labute approximate surface area is 131 Å². The zero-order valence-corrected chi connectivity index (χ0v) is 13.0. The van der Waals surface area contributed by atoms with Crippen LogP contribution in [0.4, 0.5) is 11.4 Å². The van der Waals surface area contributed by atoms with E-state index in [0.29, 0.717) is 35.3 Å². The van der Waals surface area contributed by atoms with Crippen LogP contribution in [0, 0.1) is 5.92 Å². The zero-order valence-electron chi connectivity index (χ0n) is 12.2. The van der Waals surface area contributed by atoms with Crippen LogP contribution in [0.5, 0.6) is 0 Å². The largest absolute Gasteiger partial charge is 0.399 e. The molecule has 0 saturated heterocycles. The quantitative estimate of drug-likeness (QED) is 0.619. The third-order valence-electron chi connectivity index (χ3n) is 3.82. The fraction of sp³-hybridized carbons (Fsp3) is 0.562. The molecule has 3 N–H and O–H groups in total. The highest BCUT2D eigenvalue weighted by molar-refractivity contribution is 6.34. The van der Waals surface area contributed by atoms with Crippen molar-refractivity contribution in [1.29, 1.82) is 0 Å². The van der Waals surface area contributed by atoms with E-state index in [-0.39, 0.29) is 5.91 Å². The van der Waals surface area contributed by atoms with Crippen LogP contribution in [0.1, 0.15) is 38.5 Å². The van der Waals surface area contributed by atoms with Gasteiger partial charge >= 0.3 is 0 Å². The topological polar surface area (TPSA) is 64.3 Å². The number of hydrogen-bond donors (Lipinski definition) is 2. The highest BCUT2D eigenvalue weighted by atomic mass is 35.5. The second-order valence-corrected chi connectivity index (χ2v) is 6.02. The number of amides is 1. The minimum Gasteiger partial charge on any atom is -0.399 e. The van der Waals surface area contributed by atoms with Crippen LogP contribution in [-0.4, -0.2) is 19.1 Å². The Bertz CT molecular complexity index is 473. The number of carbonyl (C=O) groups excluding carboxylic acids is 1. The zero-order chi connectivity index (χ0) is 15.1. The average molecular weight is 311 g/mol. The van der Waals surface area contributed by atoms with E-state index in [0.717, 1.165) is 6.61 Å². The lowest BCUT2D eigenvalue weighted by Crippen LogP contribution is -2.17. The van der Waals surface area contributed by atoms with Crippen LogP contribution in [0.15, 0.2) is 18.2 Å². The van der Waals surface area contributed by atoms with Crippen molar-refractivity contribution in [1.82, 2.24) is 0 Å². The van der Waals surface area contributed by atoms with E-state index in [4.69, 9.17) is 22.1 Å². The van der Waals surface area contributed by atoms with Gasteiger partial charge in [0.15, 0.2) is 0 Å². The Hall–Kier alpha value is -1.26. The van der Waals surface area contributed by atoms with Gasteiger partial charge in [-0.05, 0) is 37.0 Å². The third-order valence-corrected chi connectivity index (χ3v) is 4.13. The first-order valence-electron chi connectivity index (χ1n) is 7.58. The molecule has 0 heterocycles. The molecule has 0 aromatic heterocycles. The van der Waals surface area contributed by atoms with Crippen LogP contribution < -0.4 is 11.1 Å². The summed E-state index contributed by atoms with van der Waals surface area (Å²) in [5.41, 5.74) is 6.77. The van der Waals surface area contributed by atoms with Gasteiger partial charge in [0.2, 0.25) is 5.91 Å². The van der Waals surface area contributed by atoms with Crippen molar-refractivity contribution in [3.63, 3.8) is 0 Å². The van der Waals surface area contributed by atoms with E-state index in [1.807, 2.05) is 0 Å². The molecule has 0 radical (unpaired) electrons. The fourth-order valence-electron chi connectivity index (χ4n) is 2.61. The summed E-state index contributed by atoms with van der Waals surface area (Å²) < 4.78 is 5.62. The van der Waals surface area contributed by atoms with Gasteiger partial charge in [-0.1, -0.05) is 30.9 Å². The molecular weight excluding hydrogens is 288 g/mol. The summed E-state index contributed by atoms with van der Waals surface area (Å²) in [4.78, 5) is 11.8. The molecule has 1 saturated carbocycles. The molecule has 0 atom stereocenters. The van der Waals surface area contributed by atoms with Gasteiger partial charge in [-0.15, -0.1) is 0 Å². The molecular formula is C16H23ClN2O2. The number of benzene rings is 1. The van der Waals surface area contributed by atoms with Crippen LogP contribution in [0.25, 0.3) is 0 Å². The molecule has 1 aromatic carbocycles. The van der Waals surface area contributed by atoms with E-state index >= 15 is 0 Å². The molecule has 1 aliphatic rings. The SMILES string of the molecule is Nc1ccc(NC(=O)CCOCC2CCCCC2)c(Cl)c1. The predicted molar refractivity (Wildman–Crippen MR) is 86.5 cm³/mol. The normalized spacial score (nSPS) is 15.9. The molecule has 1 amide bonds. The lowest BCUT2D eigenvalue weighted by molar-refractivity contribution is -0.117. The van der Waals surface area contributed by atoms with E-state index in [9.17, 15) is 4.79 Å². The highest BCUT2D eigenvalue weighted by Gasteiger charge is 2.13. The van der Waals surface area contributed by atoms with Crippen molar-refractivity contribution in [3.05, 3.63) is 23.2 Å². The number of anilines is 2. The second-order valence-electron chi connectivity index (χ2n) is 5.62. The van der Waals surface area contributed by atoms with Crippen molar-refractivity contribution >= 4 is 28.9 Å². The maximum atomic E-state index is 11.8. The molecule has 4 nitrogen and oxygen atoms in total. The van der Waals surface area contributed by atoms with Gasteiger partial charge in [-0.2, -0.15) is 0 Å². The first-order valence-corrected chi connectivity index (χ1v) is 7.95. The average Bonchev–Trinajstić information content (AvgIpc) is 2.48. The Morgan fingerprint density at radius 3 is 2.81 bits per heavy atom. The monoisotopic (exact) mass is 310 g/mol. The predicted octanol–water partition coefficient (Wildman–Crippen LogP) is 3.85. The first kappa shape index (κ1) is 16.1. The van der Waals surface area contributed by atoms with Crippen LogP contribution >= 0.6 is 11.6 Å². The first-order chi connectivity index (χ1) is 10.1. The molecule has 2 rings (SSSR count). The minimum atomic E-state index is -0.0923. The maximum absolute atomic E-state index is 11.8. The highest BCUT2D eigenvalue weighted by Crippen LogP contribution is 2.25. The summed E-state index contributed by atoms with van der Waals surface area (Å²) in [6.07, 6.45) is 6.82. The van der Waals surface area contributed by atoms with Crippen LogP contribution in [0.2, 0.25) is 5.02 Å². The van der Waals surface area contributed by atoms with Crippen molar-refractivity contribution < 1.29 is 9.53 Å². The van der Waals surface area contributed by atoms with E-state index in [1.54, 1.807) is 18.2 Å². The molecule has 0 spiro atoms. The molecule has 0 bridgehead atoms. The maximum Gasteiger partial charge on any atom is 0.226 e. The number of hydrogen-bond acceptors (Lipinski definition) is 3. The Morgan fingerprint density at radius 2 is 2.10 bits per heavy atom.